The second kappa shape index (κ2) is 7.96. The molecule has 160 valence electrons. The molecule has 9 heteroatoms. The molecule has 9 nitrogen and oxygen atoms in total. The summed E-state index contributed by atoms with van der Waals surface area (Å²) in [6, 6.07) is 4.05. The van der Waals surface area contributed by atoms with Crippen LogP contribution in [-0.4, -0.2) is 69.9 Å². The smallest absolute Gasteiger partial charge is 0.311 e. The molecule has 30 heavy (non-hydrogen) atoms. The second-order valence-electron chi connectivity index (χ2n) is 8.58. The number of nitrogens with zero attached hydrogens (tertiary/aromatic N) is 5. The lowest BCUT2D eigenvalue weighted by atomic mass is 9.83. The number of piperidine rings is 1. The summed E-state index contributed by atoms with van der Waals surface area (Å²) in [5, 5.41) is 7.63. The highest BCUT2D eigenvalue weighted by Crippen LogP contribution is 2.35. The van der Waals surface area contributed by atoms with Crippen molar-refractivity contribution in [1.29, 1.82) is 0 Å². The minimum Gasteiger partial charge on any atom is -0.417 e. The number of pyridine rings is 1. The lowest BCUT2D eigenvalue weighted by Gasteiger charge is -2.42. The number of fused-ring (bicyclic) bond motifs is 4. The van der Waals surface area contributed by atoms with E-state index in [1.165, 1.54) is 0 Å². The van der Waals surface area contributed by atoms with Gasteiger partial charge in [-0.05, 0) is 24.8 Å². The molecule has 0 radical (unpaired) electrons. The molecule has 0 spiro atoms. The molecule has 2 aromatic heterocycles. The second-order valence-corrected chi connectivity index (χ2v) is 8.58. The quantitative estimate of drug-likeness (QED) is 0.742. The summed E-state index contributed by atoms with van der Waals surface area (Å²) in [6.07, 6.45) is 1.99. The number of ether oxygens (including phenoxy) is 1. The number of likely N-dealkylation sites (tertiary alicyclic amines) is 1. The third kappa shape index (κ3) is 3.67. The van der Waals surface area contributed by atoms with Gasteiger partial charge in [-0.2, -0.15) is 0 Å². The zero-order chi connectivity index (χ0) is 20.7. The molecular formula is C21H27N5O4. The molecule has 1 amide bonds. The van der Waals surface area contributed by atoms with Crippen LogP contribution < -0.4 is 5.56 Å². The van der Waals surface area contributed by atoms with Gasteiger partial charge in [-0.25, -0.2) is 0 Å². The summed E-state index contributed by atoms with van der Waals surface area (Å²) < 4.78 is 12.8. The van der Waals surface area contributed by atoms with Crippen LogP contribution in [0, 0.1) is 12.8 Å². The van der Waals surface area contributed by atoms with E-state index in [1.807, 2.05) is 10.6 Å². The van der Waals surface area contributed by atoms with Crippen molar-refractivity contribution in [3.63, 3.8) is 0 Å². The third-order valence-corrected chi connectivity index (χ3v) is 6.39. The maximum Gasteiger partial charge on any atom is 0.311 e. The van der Waals surface area contributed by atoms with Gasteiger partial charge in [-0.1, -0.05) is 6.07 Å². The number of carbonyl (C=O) groups is 1. The van der Waals surface area contributed by atoms with Gasteiger partial charge in [0.05, 0.1) is 6.61 Å². The van der Waals surface area contributed by atoms with Crippen LogP contribution in [0.5, 0.6) is 0 Å². The van der Waals surface area contributed by atoms with E-state index in [2.05, 4.69) is 21.2 Å². The van der Waals surface area contributed by atoms with Gasteiger partial charge in [0.2, 0.25) is 5.89 Å². The molecule has 5 heterocycles. The van der Waals surface area contributed by atoms with Gasteiger partial charge < -0.3 is 18.6 Å². The molecular weight excluding hydrogens is 386 g/mol. The Morgan fingerprint density at radius 1 is 1.17 bits per heavy atom. The van der Waals surface area contributed by atoms with Crippen LogP contribution in [-0.2, 0) is 17.8 Å². The van der Waals surface area contributed by atoms with Gasteiger partial charge in [0.25, 0.3) is 5.56 Å². The van der Waals surface area contributed by atoms with Crippen molar-refractivity contribution in [2.75, 3.05) is 39.4 Å². The molecule has 2 atom stereocenters. The summed E-state index contributed by atoms with van der Waals surface area (Å²) in [6.45, 7) is 7.49. The minimum absolute atomic E-state index is 0.0432. The molecule has 0 N–H and O–H groups in total. The van der Waals surface area contributed by atoms with Crippen molar-refractivity contribution >= 4 is 5.91 Å². The van der Waals surface area contributed by atoms with Crippen molar-refractivity contribution < 1.29 is 13.9 Å². The van der Waals surface area contributed by atoms with Crippen molar-refractivity contribution in [2.24, 2.45) is 5.92 Å². The Morgan fingerprint density at radius 2 is 2.07 bits per heavy atom. The lowest BCUT2D eigenvalue weighted by molar-refractivity contribution is 0.0554. The van der Waals surface area contributed by atoms with Crippen LogP contribution in [0.3, 0.4) is 0 Å². The SMILES string of the molecule is Cc1nnc(C(=O)N2C[C@@H]3C[C@H](C2)c2ccc(CN4CCCOCC4)c(=O)n2C3)o1. The van der Waals surface area contributed by atoms with Gasteiger partial charge >= 0.3 is 11.8 Å². The van der Waals surface area contributed by atoms with Gasteiger partial charge in [0, 0.05) is 70.0 Å². The normalized spacial score (nSPS) is 24.4. The maximum atomic E-state index is 13.2. The number of aromatic nitrogens is 3. The number of amides is 1. The van der Waals surface area contributed by atoms with Crippen LogP contribution >= 0.6 is 0 Å². The van der Waals surface area contributed by atoms with Crippen molar-refractivity contribution in [1.82, 2.24) is 24.6 Å². The average Bonchev–Trinajstić information content (AvgIpc) is 3.01. The first-order chi connectivity index (χ1) is 14.6. The molecule has 2 aromatic rings. The van der Waals surface area contributed by atoms with Crippen LogP contribution in [0.25, 0.3) is 0 Å². The lowest BCUT2D eigenvalue weighted by Crippen LogP contribution is -2.49. The summed E-state index contributed by atoms with van der Waals surface area (Å²) in [4.78, 5) is 30.1. The highest BCUT2D eigenvalue weighted by atomic mass is 16.5. The highest BCUT2D eigenvalue weighted by molar-refractivity contribution is 5.89. The maximum absolute atomic E-state index is 13.2. The Kier molecular flexibility index (Phi) is 5.16. The molecule has 2 saturated heterocycles. The van der Waals surface area contributed by atoms with Crippen molar-refractivity contribution in [3.8, 4) is 0 Å². The van der Waals surface area contributed by atoms with Gasteiger partial charge in [-0.3, -0.25) is 14.5 Å². The third-order valence-electron chi connectivity index (χ3n) is 6.39. The van der Waals surface area contributed by atoms with Gasteiger partial charge in [0.15, 0.2) is 0 Å². The molecule has 0 aromatic carbocycles. The minimum atomic E-state index is -0.221. The average molecular weight is 413 g/mol. The van der Waals surface area contributed by atoms with E-state index >= 15 is 0 Å². The fourth-order valence-electron chi connectivity index (χ4n) is 4.99. The van der Waals surface area contributed by atoms with Crippen molar-refractivity contribution in [3.05, 3.63) is 45.5 Å². The Bertz CT molecular complexity index is 992. The predicted molar refractivity (Wildman–Crippen MR) is 107 cm³/mol. The fourth-order valence-corrected chi connectivity index (χ4v) is 4.99. The zero-order valence-electron chi connectivity index (χ0n) is 17.2. The molecule has 3 aliphatic heterocycles. The predicted octanol–water partition coefficient (Wildman–Crippen LogP) is 1.02. The number of aryl methyl sites for hydroxylation is 1. The van der Waals surface area contributed by atoms with E-state index in [1.54, 1.807) is 11.8 Å². The van der Waals surface area contributed by atoms with Crippen LogP contribution in [0.1, 0.15) is 46.6 Å². The Balaban J connectivity index is 1.36. The summed E-state index contributed by atoms with van der Waals surface area (Å²) in [5.41, 5.74) is 1.98. The number of carbonyl (C=O) groups excluding carboxylic acids is 1. The van der Waals surface area contributed by atoms with Crippen LogP contribution in [0.2, 0.25) is 0 Å². The first kappa shape index (κ1) is 19.4. The molecule has 0 aliphatic carbocycles. The van der Waals surface area contributed by atoms with E-state index in [0.29, 0.717) is 32.1 Å². The van der Waals surface area contributed by atoms with E-state index in [4.69, 9.17) is 9.15 Å². The molecule has 2 bridgehead atoms. The highest BCUT2D eigenvalue weighted by Gasteiger charge is 2.38. The molecule has 2 fully saturated rings. The Morgan fingerprint density at radius 3 is 2.90 bits per heavy atom. The molecule has 5 rings (SSSR count). The van der Waals surface area contributed by atoms with Crippen LogP contribution in [0.15, 0.2) is 21.3 Å². The number of hydrogen-bond acceptors (Lipinski definition) is 7. The van der Waals surface area contributed by atoms with E-state index < -0.39 is 0 Å². The molecule has 3 aliphatic rings. The van der Waals surface area contributed by atoms with Crippen LogP contribution in [0.4, 0.5) is 0 Å². The van der Waals surface area contributed by atoms with E-state index in [9.17, 15) is 9.59 Å². The first-order valence-corrected chi connectivity index (χ1v) is 10.7. The van der Waals surface area contributed by atoms with Gasteiger partial charge in [-0.15, -0.1) is 10.2 Å². The van der Waals surface area contributed by atoms with Crippen molar-refractivity contribution in [2.45, 2.75) is 38.8 Å². The number of rotatable bonds is 3. The Hall–Kier alpha value is -2.52. The molecule has 0 saturated carbocycles. The van der Waals surface area contributed by atoms with Gasteiger partial charge in [0.1, 0.15) is 0 Å². The topological polar surface area (TPSA) is 93.7 Å². The van der Waals surface area contributed by atoms with E-state index in [-0.39, 0.29) is 29.2 Å². The zero-order valence-corrected chi connectivity index (χ0v) is 17.2. The monoisotopic (exact) mass is 413 g/mol. The Labute approximate surface area is 174 Å². The summed E-state index contributed by atoms with van der Waals surface area (Å²) >= 11 is 0. The number of hydrogen-bond donors (Lipinski definition) is 0. The largest absolute Gasteiger partial charge is 0.417 e. The summed E-state index contributed by atoms with van der Waals surface area (Å²) in [5.74, 6) is 0.612. The first-order valence-electron chi connectivity index (χ1n) is 10.7. The summed E-state index contributed by atoms with van der Waals surface area (Å²) in [7, 11) is 0. The fraction of sp³-hybridized carbons (Fsp3) is 0.619. The van der Waals surface area contributed by atoms with E-state index in [0.717, 1.165) is 50.4 Å². The molecule has 0 unspecified atom stereocenters. The standard InChI is InChI=1S/C21H27N5O4/c1-14-22-23-19(30-14)21(28)25-10-15-9-17(13-25)18-4-3-16(20(27)26(18)11-15)12-24-5-2-7-29-8-6-24/h3-4,15,17H,2,5-13H2,1H3/t15-,17+/m0/s1.